The van der Waals surface area contributed by atoms with Crippen LogP contribution in [0.15, 0.2) is 66.7 Å². The van der Waals surface area contributed by atoms with Gasteiger partial charge in [0.25, 0.3) is 5.91 Å². The molecule has 4 heteroatoms. The molecule has 1 N–H and O–H groups in total. The van der Waals surface area contributed by atoms with E-state index in [2.05, 4.69) is 5.32 Å². The molecule has 0 aliphatic carbocycles. The third-order valence-corrected chi connectivity index (χ3v) is 4.77. The number of hydrogen-bond donors (Lipinski definition) is 1. The molecule has 2 atom stereocenters. The lowest BCUT2D eigenvalue weighted by molar-refractivity contribution is -0.128. The van der Waals surface area contributed by atoms with Gasteiger partial charge >= 0.3 is 0 Å². The van der Waals surface area contributed by atoms with Crippen molar-refractivity contribution in [2.75, 3.05) is 0 Å². The second kappa shape index (κ2) is 6.64. The number of Topliss-reactive ketones (excluding diaryl/α,β-unsaturated/α-hetero) is 1. The Hall–Kier alpha value is -3.14. The molecule has 0 radical (unpaired) electrons. The van der Waals surface area contributed by atoms with Gasteiger partial charge in [0, 0.05) is 0 Å². The number of carbonyl (C=O) groups excluding carboxylic acids is 2. The Balaban J connectivity index is 1.54. The third kappa shape index (κ3) is 2.94. The first-order valence-electron chi connectivity index (χ1n) is 8.70. The lowest BCUT2D eigenvalue weighted by atomic mass is 9.98. The van der Waals surface area contributed by atoms with E-state index in [0.717, 1.165) is 16.3 Å². The first-order chi connectivity index (χ1) is 12.6. The van der Waals surface area contributed by atoms with Crippen molar-refractivity contribution in [2.45, 2.75) is 25.5 Å². The van der Waals surface area contributed by atoms with E-state index in [0.29, 0.717) is 11.3 Å². The monoisotopic (exact) mass is 345 g/mol. The van der Waals surface area contributed by atoms with E-state index in [1.54, 1.807) is 24.3 Å². The van der Waals surface area contributed by atoms with Crippen LogP contribution in [0.25, 0.3) is 10.8 Å². The molecule has 0 saturated heterocycles. The molecule has 0 bridgehead atoms. The normalized spacial score (nSPS) is 17.3. The molecule has 4 nitrogen and oxygen atoms in total. The van der Waals surface area contributed by atoms with Crippen LogP contribution in [0.5, 0.6) is 5.75 Å². The van der Waals surface area contributed by atoms with Crippen LogP contribution in [0, 0.1) is 0 Å². The van der Waals surface area contributed by atoms with E-state index in [9.17, 15) is 9.59 Å². The minimum absolute atomic E-state index is 0.0606. The Bertz CT molecular complexity index is 990. The number of fused-ring (bicyclic) bond motifs is 2. The molecule has 130 valence electrons. The number of carbonyl (C=O) groups is 2. The minimum Gasteiger partial charge on any atom is -0.479 e. The maximum Gasteiger partial charge on any atom is 0.262 e. The predicted octanol–water partition coefficient (Wildman–Crippen LogP) is 4.05. The van der Waals surface area contributed by atoms with Gasteiger partial charge in [-0.2, -0.15) is 0 Å². The second-order valence-electron chi connectivity index (χ2n) is 6.53. The van der Waals surface area contributed by atoms with E-state index in [4.69, 9.17) is 4.74 Å². The van der Waals surface area contributed by atoms with E-state index in [1.807, 2.05) is 49.4 Å². The molecule has 3 aromatic carbocycles. The van der Waals surface area contributed by atoms with Crippen LogP contribution in [-0.4, -0.2) is 17.8 Å². The van der Waals surface area contributed by atoms with Crippen LogP contribution in [-0.2, 0) is 4.79 Å². The maximum absolute atomic E-state index is 12.7. The highest BCUT2D eigenvalue weighted by Crippen LogP contribution is 2.28. The van der Waals surface area contributed by atoms with Crippen LogP contribution in [0.2, 0.25) is 0 Å². The molecule has 1 amide bonds. The quantitative estimate of drug-likeness (QED) is 0.779. The van der Waals surface area contributed by atoms with Crippen molar-refractivity contribution in [3.05, 3.63) is 77.9 Å². The number of ketones is 1. The second-order valence-corrected chi connectivity index (χ2v) is 6.53. The lowest BCUT2D eigenvalue weighted by Gasteiger charge is -2.26. The maximum atomic E-state index is 12.7. The number of nitrogens with one attached hydrogen (secondary N) is 1. The van der Waals surface area contributed by atoms with E-state index in [1.165, 1.54) is 0 Å². The molecule has 0 spiro atoms. The number of para-hydroxylation sites is 1. The van der Waals surface area contributed by atoms with Crippen molar-refractivity contribution in [2.24, 2.45) is 0 Å². The highest BCUT2D eigenvalue weighted by molar-refractivity contribution is 6.03. The predicted molar refractivity (Wildman–Crippen MR) is 100 cm³/mol. The topological polar surface area (TPSA) is 55.4 Å². The fraction of sp³-hybridized carbons (Fsp3) is 0.182. The van der Waals surface area contributed by atoms with Gasteiger partial charge < -0.3 is 10.1 Å². The van der Waals surface area contributed by atoms with Crippen molar-refractivity contribution in [3.63, 3.8) is 0 Å². The first-order valence-corrected chi connectivity index (χ1v) is 8.70. The molecule has 1 heterocycles. The summed E-state index contributed by atoms with van der Waals surface area (Å²) in [4.78, 5) is 25.0. The van der Waals surface area contributed by atoms with Gasteiger partial charge in [-0.1, -0.05) is 54.6 Å². The zero-order chi connectivity index (χ0) is 18.1. The van der Waals surface area contributed by atoms with Gasteiger partial charge in [0.2, 0.25) is 0 Å². The number of benzene rings is 3. The molecule has 0 aromatic heterocycles. The molecule has 4 rings (SSSR count). The lowest BCUT2D eigenvalue weighted by Crippen LogP contribution is -2.42. The van der Waals surface area contributed by atoms with Crippen LogP contribution in [0.4, 0.5) is 0 Å². The summed E-state index contributed by atoms with van der Waals surface area (Å²) in [6.07, 6.45) is -0.736. The number of amides is 1. The number of hydrogen-bond acceptors (Lipinski definition) is 3. The summed E-state index contributed by atoms with van der Waals surface area (Å²) in [5, 5.41) is 5.23. The molecule has 2 unspecified atom stereocenters. The molecular weight excluding hydrogens is 326 g/mol. The fourth-order valence-corrected chi connectivity index (χ4v) is 3.43. The molecule has 1 aliphatic heterocycles. The van der Waals surface area contributed by atoms with Crippen molar-refractivity contribution < 1.29 is 14.3 Å². The summed E-state index contributed by atoms with van der Waals surface area (Å²) in [6, 6.07) is 21.0. The molecule has 3 aromatic rings. The van der Waals surface area contributed by atoms with Gasteiger partial charge in [0.1, 0.15) is 5.75 Å². The van der Waals surface area contributed by atoms with E-state index >= 15 is 0 Å². The van der Waals surface area contributed by atoms with Gasteiger partial charge in [0.15, 0.2) is 11.9 Å². The summed E-state index contributed by atoms with van der Waals surface area (Å²) in [6.45, 7) is 1.94. The van der Waals surface area contributed by atoms with Crippen LogP contribution in [0.3, 0.4) is 0 Å². The zero-order valence-corrected chi connectivity index (χ0v) is 14.4. The average molecular weight is 345 g/mol. The number of ether oxygens (including phenoxy) is 1. The SMILES string of the molecule is CC(NC(=O)C1CC(=O)c2ccccc2O1)c1cccc2ccccc12. The highest BCUT2D eigenvalue weighted by atomic mass is 16.5. The molecule has 0 fully saturated rings. The zero-order valence-electron chi connectivity index (χ0n) is 14.4. The van der Waals surface area contributed by atoms with Crippen molar-refractivity contribution in [1.82, 2.24) is 5.32 Å². The molecular formula is C22H19NO3. The molecule has 1 aliphatic rings. The third-order valence-electron chi connectivity index (χ3n) is 4.77. The Kier molecular flexibility index (Phi) is 4.17. The smallest absolute Gasteiger partial charge is 0.262 e. The Morgan fingerprint density at radius 3 is 2.65 bits per heavy atom. The first kappa shape index (κ1) is 16.3. The van der Waals surface area contributed by atoms with Gasteiger partial charge in [-0.25, -0.2) is 0 Å². The van der Waals surface area contributed by atoms with Crippen LogP contribution >= 0.6 is 0 Å². The summed E-state index contributed by atoms with van der Waals surface area (Å²) in [5.74, 6) is 0.139. The summed E-state index contributed by atoms with van der Waals surface area (Å²) in [7, 11) is 0. The fourth-order valence-electron chi connectivity index (χ4n) is 3.43. The van der Waals surface area contributed by atoms with Crippen molar-refractivity contribution in [3.8, 4) is 5.75 Å². The van der Waals surface area contributed by atoms with Crippen molar-refractivity contribution >= 4 is 22.5 Å². The Morgan fingerprint density at radius 2 is 1.77 bits per heavy atom. The minimum atomic E-state index is -0.796. The molecule has 26 heavy (non-hydrogen) atoms. The van der Waals surface area contributed by atoms with E-state index < -0.39 is 6.10 Å². The van der Waals surface area contributed by atoms with Crippen LogP contribution < -0.4 is 10.1 Å². The summed E-state index contributed by atoms with van der Waals surface area (Å²) in [5.41, 5.74) is 1.58. The molecule has 0 saturated carbocycles. The summed E-state index contributed by atoms with van der Waals surface area (Å²) < 4.78 is 5.76. The van der Waals surface area contributed by atoms with Gasteiger partial charge in [-0.05, 0) is 35.4 Å². The largest absolute Gasteiger partial charge is 0.479 e. The standard InChI is InChI=1S/C22H19NO3/c1-14(16-11-6-8-15-7-2-3-9-17(15)16)23-22(25)21-13-19(24)18-10-4-5-12-20(18)26-21/h2-12,14,21H,13H2,1H3,(H,23,25). The Morgan fingerprint density at radius 1 is 1.04 bits per heavy atom. The summed E-state index contributed by atoms with van der Waals surface area (Å²) >= 11 is 0. The average Bonchev–Trinajstić information content (AvgIpc) is 2.67. The van der Waals surface area contributed by atoms with E-state index in [-0.39, 0.29) is 24.2 Å². The van der Waals surface area contributed by atoms with Crippen molar-refractivity contribution in [1.29, 1.82) is 0 Å². The van der Waals surface area contributed by atoms with Gasteiger partial charge in [0.05, 0.1) is 18.0 Å². The number of rotatable bonds is 3. The van der Waals surface area contributed by atoms with Gasteiger partial charge in [-0.15, -0.1) is 0 Å². The Labute approximate surface area is 151 Å². The van der Waals surface area contributed by atoms with Gasteiger partial charge in [-0.3, -0.25) is 9.59 Å². The van der Waals surface area contributed by atoms with Crippen LogP contribution in [0.1, 0.15) is 35.3 Å². The highest BCUT2D eigenvalue weighted by Gasteiger charge is 2.32.